The summed E-state index contributed by atoms with van der Waals surface area (Å²) < 4.78 is 0. The number of benzene rings is 1. The van der Waals surface area contributed by atoms with Crippen LogP contribution in [-0.4, -0.2) is 49.9 Å². The van der Waals surface area contributed by atoms with Gasteiger partial charge in [0.05, 0.1) is 23.4 Å². The smallest absolute Gasteiger partial charge is 0.239 e. The second-order valence-electron chi connectivity index (χ2n) is 7.08. The van der Waals surface area contributed by atoms with E-state index in [0.717, 1.165) is 48.5 Å². The number of piperidine rings is 1. The van der Waals surface area contributed by atoms with Gasteiger partial charge in [-0.2, -0.15) is 0 Å². The normalized spacial score (nSPS) is 16.9. The number of fused-ring (bicyclic) bond motifs is 1. The summed E-state index contributed by atoms with van der Waals surface area (Å²) in [6.45, 7) is 3.52. The number of imidazole rings is 2. The number of aromatic amines is 2. The molecule has 0 radical (unpaired) electrons. The van der Waals surface area contributed by atoms with Crippen molar-refractivity contribution >= 4 is 16.9 Å². The maximum absolute atomic E-state index is 12.6. The topological polar surface area (TPSA) is 104 Å². The van der Waals surface area contributed by atoms with Crippen molar-refractivity contribution in [3.05, 3.63) is 47.8 Å². The van der Waals surface area contributed by atoms with Gasteiger partial charge in [0.25, 0.3) is 0 Å². The van der Waals surface area contributed by atoms with Crippen molar-refractivity contribution in [1.82, 2.24) is 24.8 Å². The molecule has 7 heteroatoms. The fraction of sp³-hybridized carbons (Fsp3) is 0.421. The number of H-pyrrole nitrogens is 2. The summed E-state index contributed by atoms with van der Waals surface area (Å²) in [5.74, 6) is 1.40. The third kappa shape index (κ3) is 3.22. The number of aromatic nitrogens is 4. The predicted octanol–water partition coefficient (Wildman–Crippen LogP) is 1.87. The number of hydrogen-bond donors (Lipinski definition) is 3. The van der Waals surface area contributed by atoms with Crippen molar-refractivity contribution in [2.24, 2.45) is 5.73 Å². The first-order valence-electron chi connectivity index (χ1n) is 9.08. The Labute approximate surface area is 152 Å². The van der Waals surface area contributed by atoms with Crippen molar-refractivity contribution in [2.75, 3.05) is 13.1 Å². The quantitative estimate of drug-likeness (QED) is 0.667. The van der Waals surface area contributed by atoms with E-state index in [4.69, 9.17) is 10.7 Å². The zero-order valence-corrected chi connectivity index (χ0v) is 14.9. The molecular weight excluding hydrogens is 328 g/mol. The molecular formula is C19H24N6O. The number of carbonyl (C=O) groups is 1. The summed E-state index contributed by atoms with van der Waals surface area (Å²) in [5.41, 5.74) is 10.3. The van der Waals surface area contributed by atoms with Crippen LogP contribution in [0.5, 0.6) is 0 Å². The lowest BCUT2D eigenvalue weighted by Gasteiger charge is -2.32. The second-order valence-corrected chi connectivity index (χ2v) is 7.08. The van der Waals surface area contributed by atoms with Crippen LogP contribution < -0.4 is 5.73 Å². The lowest BCUT2D eigenvalue weighted by Crippen LogP contribution is -2.47. The molecule has 0 spiro atoms. The third-order valence-corrected chi connectivity index (χ3v) is 5.24. The lowest BCUT2D eigenvalue weighted by molar-refractivity contribution is -0.133. The van der Waals surface area contributed by atoms with E-state index in [1.807, 2.05) is 11.0 Å². The molecule has 0 bridgehead atoms. The highest BCUT2D eigenvalue weighted by Crippen LogP contribution is 2.28. The van der Waals surface area contributed by atoms with Crippen LogP contribution in [-0.2, 0) is 11.2 Å². The third-order valence-electron chi connectivity index (χ3n) is 5.24. The van der Waals surface area contributed by atoms with Crippen LogP contribution >= 0.6 is 0 Å². The van der Waals surface area contributed by atoms with Crippen LogP contribution in [0.15, 0.2) is 30.7 Å². The first kappa shape index (κ1) is 16.8. The van der Waals surface area contributed by atoms with Crippen LogP contribution in [0, 0.1) is 6.92 Å². The van der Waals surface area contributed by atoms with Gasteiger partial charge in [-0.1, -0.05) is 12.1 Å². The standard InChI is InChI=1S/C19H24N6O/c1-12-3-2-4-16-17(12)24-18(23-16)13-5-7-25(8-6-13)19(26)15(20)9-14-10-21-11-22-14/h2-4,10-11,13,15H,5-9,20H2,1H3,(H,21,22)(H,23,24)/t15-/m0/s1. The molecule has 0 saturated carbocycles. The van der Waals surface area contributed by atoms with Crippen LogP contribution in [0.3, 0.4) is 0 Å². The number of para-hydroxylation sites is 1. The Bertz CT molecular complexity index is 892. The van der Waals surface area contributed by atoms with E-state index in [1.165, 1.54) is 5.56 Å². The number of likely N-dealkylation sites (tertiary alicyclic amines) is 1. The molecule has 1 aliphatic heterocycles. The zero-order valence-electron chi connectivity index (χ0n) is 14.9. The summed E-state index contributed by atoms with van der Waals surface area (Å²) in [6.07, 6.45) is 5.61. The van der Waals surface area contributed by atoms with Gasteiger partial charge in [-0.3, -0.25) is 4.79 Å². The number of nitrogens with zero attached hydrogens (tertiary/aromatic N) is 3. The minimum absolute atomic E-state index is 0.0125. The van der Waals surface area contributed by atoms with Crippen LogP contribution in [0.25, 0.3) is 11.0 Å². The number of nitrogens with one attached hydrogen (secondary N) is 2. The van der Waals surface area contributed by atoms with E-state index in [-0.39, 0.29) is 5.91 Å². The Morgan fingerprint density at radius 3 is 2.88 bits per heavy atom. The number of hydrogen-bond acceptors (Lipinski definition) is 4. The van der Waals surface area contributed by atoms with E-state index in [1.54, 1.807) is 12.5 Å². The molecule has 0 aliphatic carbocycles. The molecule has 3 heterocycles. The van der Waals surface area contributed by atoms with Gasteiger partial charge in [-0.05, 0) is 31.4 Å². The summed E-state index contributed by atoms with van der Waals surface area (Å²) >= 11 is 0. The minimum atomic E-state index is -0.527. The first-order chi connectivity index (χ1) is 12.6. The fourth-order valence-electron chi connectivity index (χ4n) is 3.72. The van der Waals surface area contributed by atoms with Crippen molar-refractivity contribution in [3.63, 3.8) is 0 Å². The van der Waals surface area contributed by atoms with Gasteiger partial charge in [-0.25, -0.2) is 9.97 Å². The SMILES string of the molecule is Cc1cccc2[nH]c(C3CCN(C(=O)[C@@H](N)Cc4cnc[nH]4)CC3)nc12. The first-order valence-corrected chi connectivity index (χ1v) is 9.08. The predicted molar refractivity (Wildman–Crippen MR) is 99.7 cm³/mol. The summed E-state index contributed by atoms with van der Waals surface area (Å²) in [4.78, 5) is 29.7. The molecule has 1 aliphatic rings. The highest BCUT2D eigenvalue weighted by atomic mass is 16.2. The Balaban J connectivity index is 1.38. The molecule has 3 aromatic rings. The maximum Gasteiger partial charge on any atom is 0.239 e. The van der Waals surface area contributed by atoms with Crippen LogP contribution in [0.1, 0.15) is 35.8 Å². The largest absolute Gasteiger partial charge is 0.348 e. The van der Waals surface area contributed by atoms with Gasteiger partial charge in [0.1, 0.15) is 5.82 Å². The number of aryl methyl sites for hydroxylation is 1. The maximum atomic E-state index is 12.6. The summed E-state index contributed by atoms with van der Waals surface area (Å²) in [7, 11) is 0. The molecule has 136 valence electrons. The minimum Gasteiger partial charge on any atom is -0.348 e. The number of rotatable bonds is 4. The molecule has 26 heavy (non-hydrogen) atoms. The Morgan fingerprint density at radius 2 is 2.19 bits per heavy atom. The monoisotopic (exact) mass is 352 g/mol. The summed E-state index contributed by atoms with van der Waals surface area (Å²) in [6, 6.07) is 5.66. The second kappa shape index (κ2) is 6.92. The Hall–Kier alpha value is -2.67. The van der Waals surface area contributed by atoms with Gasteiger partial charge in [0, 0.05) is 37.3 Å². The average Bonchev–Trinajstić information content (AvgIpc) is 3.31. The molecule has 2 aromatic heterocycles. The van der Waals surface area contributed by atoms with E-state index in [9.17, 15) is 4.79 Å². The van der Waals surface area contributed by atoms with Crippen LogP contribution in [0.4, 0.5) is 0 Å². The molecule has 1 saturated heterocycles. The molecule has 4 rings (SSSR count). The number of nitrogens with two attached hydrogens (primary N) is 1. The van der Waals surface area contributed by atoms with Crippen molar-refractivity contribution < 1.29 is 4.79 Å². The number of amides is 1. The average molecular weight is 352 g/mol. The zero-order chi connectivity index (χ0) is 18.1. The molecule has 1 fully saturated rings. The molecule has 0 unspecified atom stereocenters. The van der Waals surface area contributed by atoms with Gasteiger partial charge in [-0.15, -0.1) is 0 Å². The van der Waals surface area contributed by atoms with E-state index >= 15 is 0 Å². The Kier molecular flexibility index (Phi) is 4.46. The fourth-order valence-corrected chi connectivity index (χ4v) is 3.72. The van der Waals surface area contributed by atoms with E-state index in [2.05, 4.69) is 34.0 Å². The molecule has 1 amide bonds. The van der Waals surface area contributed by atoms with Crippen molar-refractivity contribution in [1.29, 1.82) is 0 Å². The summed E-state index contributed by atoms with van der Waals surface area (Å²) in [5, 5.41) is 0. The number of carbonyl (C=O) groups excluding carboxylic acids is 1. The van der Waals surface area contributed by atoms with E-state index in [0.29, 0.717) is 12.3 Å². The highest BCUT2D eigenvalue weighted by molar-refractivity contribution is 5.82. The highest BCUT2D eigenvalue weighted by Gasteiger charge is 2.28. The van der Waals surface area contributed by atoms with Gasteiger partial charge in [0.2, 0.25) is 5.91 Å². The lowest BCUT2D eigenvalue weighted by atomic mass is 9.95. The molecule has 1 aromatic carbocycles. The molecule has 1 atom stereocenters. The van der Waals surface area contributed by atoms with E-state index < -0.39 is 6.04 Å². The van der Waals surface area contributed by atoms with Crippen molar-refractivity contribution in [3.8, 4) is 0 Å². The van der Waals surface area contributed by atoms with Gasteiger partial charge >= 0.3 is 0 Å². The van der Waals surface area contributed by atoms with Gasteiger partial charge in [0.15, 0.2) is 0 Å². The molecule has 7 nitrogen and oxygen atoms in total. The van der Waals surface area contributed by atoms with Crippen molar-refractivity contribution in [2.45, 2.75) is 38.1 Å². The Morgan fingerprint density at radius 1 is 1.38 bits per heavy atom. The van der Waals surface area contributed by atoms with Crippen LogP contribution in [0.2, 0.25) is 0 Å². The van der Waals surface area contributed by atoms with Gasteiger partial charge < -0.3 is 20.6 Å². The molecule has 4 N–H and O–H groups in total.